The summed E-state index contributed by atoms with van der Waals surface area (Å²) in [5.74, 6) is 1.69. The number of H-pyrrole nitrogens is 1. The van der Waals surface area contributed by atoms with Crippen molar-refractivity contribution in [3.63, 3.8) is 0 Å². The van der Waals surface area contributed by atoms with Crippen molar-refractivity contribution >= 4 is 69.0 Å². The number of likely N-dealkylation sites (N-methyl/N-ethyl adjacent to an activating group) is 1. The monoisotopic (exact) mass is 929 g/mol. The Morgan fingerprint density at radius 1 is 1.00 bits per heavy atom. The topological polar surface area (TPSA) is 216 Å². The number of aliphatic hydroxyl groups is 1. The molecule has 2 saturated heterocycles. The van der Waals surface area contributed by atoms with Gasteiger partial charge in [0.2, 0.25) is 17.7 Å². The van der Waals surface area contributed by atoms with Crippen molar-refractivity contribution in [3.05, 3.63) is 85.7 Å². The molecular formula is C43H45Cl2N11O7S. The normalized spacial score (nSPS) is 20.0. The lowest BCUT2D eigenvalue weighted by atomic mass is 9.99. The number of aryl methyl sites for hydroxylation is 2. The number of aliphatic imine (C=N–C) groups is 1. The van der Waals surface area contributed by atoms with Crippen molar-refractivity contribution in [2.75, 3.05) is 51.9 Å². The summed E-state index contributed by atoms with van der Waals surface area (Å²) in [5.41, 5.74) is 5.64. The van der Waals surface area contributed by atoms with Gasteiger partial charge < -0.3 is 44.6 Å². The van der Waals surface area contributed by atoms with Crippen LogP contribution in [-0.2, 0) is 19.1 Å². The highest BCUT2D eigenvalue weighted by Crippen LogP contribution is 2.40. The molecule has 0 saturated carbocycles. The van der Waals surface area contributed by atoms with Gasteiger partial charge in [0, 0.05) is 54.1 Å². The van der Waals surface area contributed by atoms with Gasteiger partial charge in [-0.2, -0.15) is 9.97 Å². The Morgan fingerprint density at radius 3 is 2.58 bits per heavy atom. The van der Waals surface area contributed by atoms with E-state index in [0.29, 0.717) is 68.9 Å². The molecule has 4 N–H and O–H groups in total. The molecule has 3 aliphatic heterocycles. The number of benzene rings is 1. The highest BCUT2D eigenvalue weighted by molar-refractivity contribution is 7.15. The molecule has 9 rings (SSSR count). The summed E-state index contributed by atoms with van der Waals surface area (Å²) in [4.78, 5) is 51.5. The second-order valence-corrected chi connectivity index (χ2v) is 17.8. The molecule has 18 nitrogen and oxygen atoms in total. The molecule has 334 valence electrons. The van der Waals surface area contributed by atoms with Gasteiger partial charge >= 0.3 is 0 Å². The SMILES string of the molecule is COc1nc(N(C)CCNC(=O)CCNC(=O)C[C@@H]2N=C(c3ccc(Cl)cc3)c3c(sc(C)c3C)-n3c(C)nnc32)ccc1-c1nc2nc(O[C@@H]3CO[C@H]4[C@@H]3OC[C@H]4O)[nH]c2cc1Cl. The highest BCUT2D eigenvalue weighted by atomic mass is 35.5. The van der Waals surface area contributed by atoms with Crippen LogP contribution in [0.3, 0.4) is 0 Å². The highest BCUT2D eigenvalue weighted by Gasteiger charge is 2.48. The van der Waals surface area contributed by atoms with Crippen molar-refractivity contribution in [2.45, 2.75) is 64.1 Å². The Balaban J connectivity index is 0.785. The summed E-state index contributed by atoms with van der Waals surface area (Å²) in [6.07, 6.45) is -1.86. The number of ether oxygens (including phenoxy) is 4. The van der Waals surface area contributed by atoms with Crippen LogP contribution in [0.5, 0.6) is 11.9 Å². The number of nitrogens with one attached hydrogen (secondary N) is 3. The Morgan fingerprint density at radius 2 is 1.78 bits per heavy atom. The zero-order valence-electron chi connectivity index (χ0n) is 35.5. The van der Waals surface area contributed by atoms with E-state index in [4.69, 9.17) is 57.1 Å². The third kappa shape index (κ3) is 8.50. The van der Waals surface area contributed by atoms with Crippen molar-refractivity contribution in [1.29, 1.82) is 0 Å². The lowest BCUT2D eigenvalue weighted by Gasteiger charge is -2.20. The number of thiophene rings is 1. The first-order chi connectivity index (χ1) is 30.9. The van der Waals surface area contributed by atoms with Crippen LogP contribution in [0, 0.1) is 20.8 Å². The number of carbonyl (C=O) groups excluding carboxylic acids is 2. The van der Waals surface area contributed by atoms with Crippen molar-refractivity contribution < 1.29 is 33.6 Å². The number of nitrogens with zero attached hydrogens (tertiary/aromatic N) is 8. The Bertz CT molecular complexity index is 2780. The number of amides is 2. The van der Waals surface area contributed by atoms with Gasteiger partial charge in [-0.05, 0) is 56.7 Å². The zero-order chi connectivity index (χ0) is 44.8. The van der Waals surface area contributed by atoms with Gasteiger partial charge in [-0.15, -0.1) is 21.5 Å². The number of hydrogen-bond donors (Lipinski definition) is 4. The second kappa shape index (κ2) is 18.1. The van der Waals surface area contributed by atoms with Gasteiger partial charge in [-0.1, -0.05) is 35.3 Å². The van der Waals surface area contributed by atoms with Gasteiger partial charge in [0.25, 0.3) is 6.01 Å². The van der Waals surface area contributed by atoms with E-state index in [9.17, 15) is 14.7 Å². The third-order valence-corrected chi connectivity index (χ3v) is 13.2. The van der Waals surface area contributed by atoms with Crippen molar-refractivity contribution in [2.24, 2.45) is 4.99 Å². The molecule has 1 aromatic carbocycles. The third-order valence-electron chi connectivity index (χ3n) is 11.5. The molecule has 64 heavy (non-hydrogen) atoms. The lowest BCUT2D eigenvalue weighted by molar-refractivity contribution is -0.122. The molecule has 5 atom stereocenters. The molecule has 0 unspecified atom stereocenters. The minimum Gasteiger partial charge on any atom is -0.480 e. The molecule has 0 aliphatic carbocycles. The van der Waals surface area contributed by atoms with E-state index in [0.717, 1.165) is 32.3 Å². The first-order valence-corrected chi connectivity index (χ1v) is 22.2. The van der Waals surface area contributed by atoms with Crippen LogP contribution in [0.15, 0.2) is 47.5 Å². The maximum atomic E-state index is 13.4. The molecule has 21 heteroatoms. The average molecular weight is 931 g/mol. The number of aromatic nitrogens is 7. The number of carbonyl (C=O) groups is 2. The van der Waals surface area contributed by atoms with Crippen molar-refractivity contribution in [3.8, 4) is 28.1 Å². The Hall–Kier alpha value is -5.70. The van der Waals surface area contributed by atoms with Gasteiger partial charge in [0.15, 0.2) is 17.6 Å². The fourth-order valence-electron chi connectivity index (χ4n) is 8.07. The quantitative estimate of drug-likeness (QED) is 0.115. The van der Waals surface area contributed by atoms with E-state index in [-0.39, 0.29) is 50.4 Å². The molecule has 0 bridgehead atoms. The predicted molar refractivity (Wildman–Crippen MR) is 240 cm³/mol. The molecule has 2 fully saturated rings. The fourth-order valence-corrected chi connectivity index (χ4v) is 9.66. The molecular weight excluding hydrogens is 886 g/mol. The van der Waals surface area contributed by atoms with Gasteiger partial charge in [0.1, 0.15) is 41.0 Å². The Labute approximate surface area is 381 Å². The average Bonchev–Trinajstić information content (AvgIpc) is 4.09. The van der Waals surface area contributed by atoms with Gasteiger partial charge in [0.05, 0.1) is 54.3 Å². The first-order valence-electron chi connectivity index (χ1n) is 20.7. The number of aromatic amines is 1. The van der Waals surface area contributed by atoms with Crippen LogP contribution >= 0.6 is 34.5 Å². The number of aliphatic hydroxyl groups excluding tert-OH is 1. The number of methoxy groups -OCH3 is 1. The largest absolute Gasteiger partial charge is 0.480 e. The maximum absolute atomic E-state index is 13.4. The van der Waals surface area contributed by atoms with Crippen molar-refractivity contribution in [1.82, 2.24) is 45.3 Å². The standard InChI is InChI=1S/C43H45Cl2N11O7S/c1-20-21(2)64-42-34(20)35(23-6-8-24(44)9-7-23)48-28(40-54-53-22(3)56(40)42)17-33(59)46-13-12-32(58)47-14-15-55(4)31-11-10-25(41(50-31)60-5)36-26(45)16-27-39(51-36)52-43(49-27)63-30-19-62-37-29(57)18-61-38(30)37/h6-11,16,28-30,37-38,57H,12-15,17-19H2,1-5H3,(H,46,59)(H,47,58)(H,49,51,52)/t28-,29+,30+,37+,38+/m0/s1. The van der Waals surface area contributed by atoms with Crippen LogP contribution in [0.25, 0.3) is 27.4 Å². The number of hydrogen-bond acceptors (Lipinski definition) is 15. The van der Waals surface area contributed by atoms with Crippen LogP contribution in [-0.4, -0.2) is 129 Å². The molecule has 3 aliphatic rings. The van der Waals surface area contributed by atoms with Gasteiger partial charge in [-0.3, -0.25) is 19.1 Å². The van der Waals surface area contributed by atoms with E-state index >= 15 is 0 Å². The summed E-state index contributed by atoms with van der Waals surface area (Å²) in [6, 6.07) is 12.5. The van der Waals surface area contributed by atoms with Crippen LogP contribution in [0.1, 0.15) is 52.1 Å². The molecule has 2 amide bonds. The van der Waals surface area contributed by atoms with E-state index in [1.54, 1.807) is 17.4 Å². The van der Waals surface area contributed by atoms with Crippen LogP contribution in [0.4, 0.5) is 5.82 Å². The van der Waals surface area contributed by atoms with E-state index < -0.39 is 30.5 Å². The summed E-state index contributed by atoms with van der Waals surface area (Å²) in [6.45, 7) is 7.40. The van der Waals surface area contributed by atoms with Gasteiger partial charge in [-0.25, -0.2) is 4.98 Å². The molecule has 0 spiro atoms. The predicted octanol–water partition coefficient (Wildman–Crippen LogP) is 4.85. The fraction of sp³-hybridized carbons (Fsp3) is 0.395. The van der Waals surface area contributed by atoms with E-state index in [2.05, 4.69) is 44.6 Å². The minimum atomic E-state index is -0.691. The minimum absolute atomic E-state index is 0.0140. The molecule has 6 aromatic rings. The molecule has 0 radical (unpaired) electrons. The summed E-state index contributed by atoms with van der Waals surface area (Å²) in [7, 11) is 3.36. The smallest absolute Gasteiger partial charge is 0.296 e. The van der Waals surface area contributed by atoms with E-state index in [1.165, 1.54) is 7.11 Å². The number of rotatable bonds is 14. The zero-order valence-corrected chi connectivity index (χ0v) is 37.8. The van der Waals surface area contributed by atoms with Crippen LogP contribution < -0.4 is 25.0 Å². The number of pyridine rings is 2. The second-order valence-electron chi connectivity index (χ2n) is 15.8. The number of halogens is 2. The maximum Gasteiger partial charge on any atom is 0.296 e. The summed E-state index contributed by atoms with van der Waals surface area (Å²) >= 11 is 14.6. The lowest BCUT2D eigenvalue weighted by Crippen LogP contribution is -2.35. The molecule has 5 aromatic heterocycles. The molecule has 8 heterocycles. The number of imidazole rings is 1. The summed E-state index contributed by atoms with van der Waals surface area (Å²) in [5, 5.41) is 26.6. The van der Waals surface area contributed by atoms with E-state index in [1.807, 2.05) is 59.8 Å². The first kappa shape index (κ1) is 43.5. The Kier molecular flexibility index (Phi) is 12.3. The summed E-state index contributed by atoms with van der Waals surface area (Å²) < 4.78 is 25.0. The number of anilines is 1. The van der Waals surface area contributed by atoms with Crippen LogP contribution in [0.2, 0.25) is 10.0 Å². The number of fused-ring (bicyclic) bond motifs is 5.